The van der Waals surface area contributed by atoms with Crippen LogP contribution in [0.25, 0.3) is 0 Å². The summed E-state index contributed by atoms with van der Waals surface area (Å²) in [5, 5.41) is 2.56. The van der Waals surface area contributed by atoms with Gasteiger partial charge in [0.15, 0.2) is 0 Å². The molecule has 0 aliphatic carbocycles. The van der Waals surface area contributed by atoms with Gasteiger partial charge in [-0.05, 0) is 17.7 Å². The van der Waals surface area contributed by atoms with Crippen molar-refractivity contribution >= 4 is 12.1 Å². The molecule has 1 amide bonds. The quantitative estimate of drug-likeness (QED) is 0.673. The minimum absolute atomic E-state index is 0.0695. The fraction of sp³-hybridized carbons (Fsp3) is 0.200. The first-order valence-electron chi connectivity index (χ1n) is 4.02. The molecule has 13 heavy (non-hydrogen) atoms. The van der Waals surface area contributed by atoms with E-state index in [1.807, 2.05) is 12.1 Å². The normalized spacial score (nSPS) is 10.3. The number of nitrogens with one attached hydrogen (secondary N) is 1. The Balaban J connectivity index is 2.87. The van der Waals surface area contributed by atoms with Crippen LogP contribution in [0.3, 0.4) is 0 Å². The van der Waals surface area contributed by atoms with Gasteiger partial charge < -0.3 is 5.32 Å². The Kier molecular flexibility index (Phi) is 3.20. The van der Waals surface area contributed by atoms with Crippen molar-refractivity contribution in [1.29, 1.82) is 0 Å². The molecule has 1 aromatic rings. The molecule has 0 fully saturated rings. The summed E-state index contributed by atoms with van der Waals surface area (Å²) in [6.45, 7) is 0. The first-order chi connectivity index (χ1) is 6.27. The van der Waals surface area contributed by atoms with Gasteiger partial charge in [0, 0.05) is 25.9 Å². The third-order valence-corrected chi connectivity index (χ3v) is 1.68. The highest BCUT2D eigenvalue weighted by Crippen LogP contribution is 2.01. The number of rotatable bonds is 2. The second kappa shape index (κ2) is 4.40. The molecule has 3 nitrogen and oxygen atoms in total. The average Bonchev–Trinajstić information content (AvgIpc) is 2.18. The Bertz CT molecular complexity index is 314. The van der Waals surface area contributed by atoms with E-state index in [1.54, 1.807) is 32.4 Å². The maximum absolute atomic E-state index is 11.1. The van der Waals surface area contributed by atoms with Crippen LogP contribution in [0, 0.1) is 0 Å². The van der Waals surface area contributed by atoms with E-state index in [9.17, 15) is 4.79 Å². The van der Waals surface area contributed by atoms with E-state index in [-0.39, 0.29) is 5.91 Å². The van der Waals surface area contributed by atoms with E-state index in [2.05, 4.69) is 10.3 Å². The predicted octanol–water partition coefficient (Wildman–Crippen LogP) is 1.09. The lowest BCUT2D eigenvalue weighted by Crippen LogP contribution is -2.17. The maximum atomic E-state index is 11.1. The molecule has 0 aliphatic rings. The fourth-order valence-electron chi connectivity index (χ4n) is 1.01. The van der Waals surface area contributed by atoms with Crippen LogP contribution < -0.4 is 5.32 Å². The van der Waals surface area contributed by atoms with Crippen molar-refractivity contribution in [3.05, 3.63) is 35.4 Å². The monoisotopic (exact) mass is 176 g/mol. The highest BCUT2D eigenvalue weighted by Gasteiger charge is 2.00. The molecule has 0 heterocycles. The largest absolute Gasteiger partial charge is 0.355 e. The Morgan fingerprint density at radius 1 is 1.38 bits per heavy atom. The Morgan fingerprint density at radius 2 is 2.00 bits per heavy atom. The van der Waals surface area contributed by atoms with Gasteiger partial charge in [-0.15, -0.1) is 0 Å². The molecular weight excluding hydrogens is 164 g/mol. The fourth-order valence-corrected chi connectivity index (χ4v) is 1.01. The topological polar surface area (TPSA) is 41.5 Å². The predicted molar refractivity (Wildman–Crippen MR) is 53.4 cm³/mol. The molecule has 0 spiro atoms. The zero-order valence-corrected chi connectivity index (χ0v) is 7.74. The SMILES string of the molecule is CN=Cc1ccc(C(=O)NC)cc1. The molecule has 0 atom stereocenters. The lowest BCUT2D eigenvalue weighted by molar-refractivity contribution is 0.0963. The van der Waals surface area contributed by atoms with E-state index < -0.39 is 0 Å². The number of carbonyl (C=O) groups excluding carboxylic acids is 1. The second-order valence-electron chi connectivity index (χ2n) is 2.59. The molecule has 0 unspecified atom stereocenters. The molecule has 1 rings (SSSR count). The van der Waals surface area contributed by atoms with E-state index in [4.69, 9.17) is 0 Å². The average molecular weight is 176 g/mol. The van der Waals surface area contributed by atoms with Crippen LogP contribution in [0.2, 0.25) is 0 Å². The summed E-state index contributed by atoms with van der Waals surface area (Å²) in [5.41, 5.74) is 1.66. The molecular formula is C10H12N2O. The minimum Gasteiger partial charge on any atom is -0.355 e. The second-order valence-corrected chi connectivity index (χ2v) is 2.59. The first-order valence-corrected chi connectivity index (χ1v) is 4.02. The molecule has 0 radical (unpaired) electrons. The highest BCUT2D eigenvalue weighted by atomic mass is 16.1. The molecule has 3 heteroatoms. The number of nitrogens with zero attached hydrogens (tertiary/aromatic N) is 1. The van der Waals surface area contributed by atoms with Crippen LogP contribution in [0.1, 0.15) is 15.9 Å². The van der Waals surface area contributed by atoms with Crippen molar-refractivity contribution < 1.29 is 4.79 Å². The van der Waals surface area contributed by atoms with E-state index >= 15 is 0 Å². The Morgan fingerprint density at radius 3 is 2.46 bits per heavy atom. The van der Waals surface area contributed by atoms with Crippen molar-refractivity contribution in [3.63, 3.8) is 0 Å². The van der Waals surface area contributed by atoms with Crippen LogP contribution in [0.15, 0.2) is 29.3 Å². The molecule has 1 aromatic carbocycles. The number of benzene rings is 1. The van der Waals surface area contributed by atoms with Gasteiger partial charge in [-0.3, -0.25) is 9.79 Å². The van der Waals surface area contributed by atoms with Crippen molar-refractivity contribution in [2.75, 3.05) is 14.1 Å². The van der Waals surface area contributed by atoms with Gasteiger partial charge in [-0.25, -0.2) is 0 Å². The Labute approximate surface area is 77.5 Å². The van der Waals surface area contributed by atoms with Gasteiger partial charge in [0.05, 0.1) is 0 Å². The van der Waals surface area contributed by atoms with Gasteiger partial charge in [-0.1, -0.05) is 12.1 Å². The van der Waals surface area contributed by atoms with Crippen LogP contribution in [-0.2, 0) is 0 Å². The van der Waals surface area contributed by atoms with Crippen molar-refractivity contribution in [2.24, 2.45) is 4.99 Å². The minimum atomic E-state index is -0.0695. The molecule has 0 bridgehead atoms. The first kappa shape index (κ1) is 9.45. The Hall–Kier alpha value is -1.64. The summed E-state index contributed by atoms with van der Waals surface area (Å²) < 4.78 is 0. The third-order valence-electron chi connectivity index (χ3n) is 1.68. The van der Waals surface area contributed by atoms with Crippen LogP contribution in [0.4, 0.5) is 0 Å². The van der Waals surface area contributed by atoms with Gasteiger partial charge in [0.1, 0.15) is 0 Å². The van der Waals surface area contributed by atoms with Crippen molar-refractivity contribution in [1.82, 2.24) is 5.32 Å². The van der Waals surface area contributed by atoms with Gasteiger partial charge in [0.25, 0.3) is 5.91 Å². The van der Waals surface area contributed by atoms with Crippen LogP contribution >= 0.6 is 0 Å². The zero-order chi connectivity index (χ0) is 9.68. The van der Waals surface area contributed by atoms with E-state index in [0.29, 0.717) is 5.56 Å². The zero-order valence-electron chi connectivity index (χ0n) is 7.74. The van der Waals surface area contributed by atoms with Crippen molar-refractivity contribution in [2.45, 2.75) is 0 Å². The van der Waals surface area contributed by atoms with Gasteiger partial charge in [0.2, 0.25) is 0 Å². The summed E-state index contributed by atoms with van der Waals surface area (Å²) >= 11 is 0. The summed E-state index contributed by atoms with van der Waals surface area (Å²) in [7, 11) is 3.33. The molecule has 0 saturated carbocycles. The molecule has 1 N–H and O–H groups in total. The lowest BCUT2D eigenvalue weighted by atomic mass is 10.1. The summed E-state index contributed by atoms with van der Waals surface area (Å²) in [6, 6.07) is 7.26. The third kappa shape index (κ3) is 2.40. The number of hydrogen-bond acceptors (Lipinski definition) is 2. The lowest BCUT2D eigenvalue weighted by Gasteiger charge is -1.98. The highest BCUT2D eigenvalue weighted by molar-refractivity contribution is 5.94. The van der Waals surface area contributed by atoms with Gasteiger partial charge >= 0.3 is 0 Å². The number of carbonyl (C=O) groups is 1. The molecule has 68 valence electrons. The number of aliphatic imine (C=N–C) groups is 1. The summed E-state index contributed by atoms with van der Waals surface area (Å²) in [4.78, 5) is 15.0. The smallest absolute Gasteiger partial charge is 0.251 e. The van der Waals surface area contributed by atoms with E-state index in [0.717, 1.165) is 5.56 Å². The van der Waals surface area contributed by atoms with Crippen LogP contribution in [-0.4, -0.2) is 26.2 Å². The maximum Gasteiger partial charge on any atom is 0.251 e. The summed E-state index contributed by atoms with van der Waals surface area (Å²) in [6.07, 6.45) is 1.74. The molecule has 0 aliphatic heterocycles. The van der Waals surface area contributed by atoms with Gasteiger partial charge in [-0.2, -0.15) is 0 Å². The summed E-state index contributed by atoms with van der Waals surface area (Å²) in [5.74, 6) is -0.0695. The standard InChI is InChI=1S/C10H12N2O/c1-11-7-8-3-5-9(6-4-8)10(13)12-2/h3-7H,1-2H3,(H,12,13). The number of hydrogen-bond donors (Lipinski definition) is 1. The molecule has 0 saturated heterocycles. The molecule has 0 aromatic heterocycles. The van der Waals surface area contributed by atoms with E-state index in [1.165, 1.54) is 0 Å². The number of amides is 1. The van der Waals surface area contributed by atoms with Crippen molar-refractivity contribution in [3.8, 4) is 0 Å². The van der Waals surface area contributed by atoms with Crippen LogP contribution in [0.5, 0.6) is 0 Å².